The maximum Gasteiger partial charge on any atom is 0.206 e. The van der Waals surface area contributed by atoms with Crippen molar-refractivity contribution in [2.75, 3.05) is 5.73 Å². The average molecular weight is 288 g/mol. The minimum atomic E-state index is -0.885. The smallest absolute Gasteiger partial charge is 0.206 e. The molecule has 1 heterocycles. The lowest BCUT2D eigenvalue weighted by Crippen LogP contribution is -2.03. The van der Waals surface area contributed by atoms with Gasteiger partial charge in [-0.05, 0) is 18.2 Å². The van der Waals surface area contributed by atoms with Crippen LogP contribution < -0.4 is 5.73 Å². The van der Waals surface area contributed by atoms with Gasteiger partial charge in [0.2, 0.25) is 5.95 Å². The van der Waals surface area contributed by atoms with Gasteiger partial charge in [-0.25, -0.2) is 18.2 Å². The summed E-state index contributed by atoms with van der Waals surface area (Å²) >= 11 is 0. The molecule has 104 valence electrons. The van der Waals surface area contributed by atoms with Crippen molar-refractivity contribution in [1.82, 2.24) is 9.55 Å². The summed E-state index contributed by atoms with van der Waals surface area (Å²) < 4.78 is 42.2. The summed E-state index contributed by atoms with van der Waals surface area (Å²) in [5, 5.41) is 8.72. The van der Waals surface area contributed by atoms with Crippen molar-refractivity contribution in [3.8, 4) is 11.8 Å². The van der Waals surface area contributed by atoms with Crippen LogP contribution in [-0.2, 0) is 0 Å². The Morgan fingerprint density at radius 2 is 1.86 bits per heavy atom. The summed E-state index contributed by atoms with van der Waals surface area (Å²) in [6.45, 7) is 0. The summed E-state index contributed by atoms with van der Waals surface area (Å²) in [4.78, 5) is 3.78. The molecule has 0 spiro atoms. The van der Waals surface area contributed by atoms with Crippen molar-refractivity contribution in [3.63, 3.8) is 0 Å². The van der Waals surface area contributed by atoms with Crippen LogP contribution >= 0.6 is 0 Å². The molecule has 21 heavy (non-hydrogen) atoms. The first kappa shape index (κ1) is 13.0. The molecule has 0 saturated carbocycles. The molecular formula is C14H7F3N4. The third kappa shape index (κ3) is 1.97. The van der Waals surface area contributed by atoms with Crippen molar-refractivity contribution in [3.05, 3.63) is 53.3 Å². The number of aromatic nitrogens is 2. The Balaban J connectivity index is 2.35. The molecule has 0 fully saturated rings. The Labute approximate surface area is 116 Å². The summed E-state index contributed by atoms with van der Waals surface area (Å²) in [6.07, 6.45) is 0. The van der Waals surface area contributed by atoms with E-state index in [2.05, 4.69) is 4.98 Å². The Bertz CT molecular complexity index is 909. The van der Waals surface area contributed by atoms with Crippen LogP contribution in [0.2, 0.25) is 0 Å². The normalized spacial score (nSPS) is 10.8. The molecule has 0 atom stereocenters. The van der Waals surface area contributed by atoms with E-state index in [1.807, 2.05) is 0 Å². The fourth-order valence-electron chi connectivity index (χ4n) is 2.13. The van der Waals surface area contributed by atoms with Gasteiger partial charge in [0, 0.05) is 12.1 Å². The summed E-state index contributed by atoms with van der Waals surface area (Å²) in [6, 6.07) is 7.17. The quantitative estimate of drug-likeness (QED) is 0.748. The van der Waals surface area contributed by atoms with Gasteiger partial charge in [-0.1, -0.05) is 0 Å². The number of fused-ring (bicyclic) bond motifs is 1. The standard InChI is InChI=1S/C14H7F3N4/c15-8-4-10(17)13-12(5-8)21(14(19)20-13)11-2-1-7(6-18)3-9(11)16/h1-5H,(H2,19,20). The number of nitriles is 1. The minimum Gasteiger partial charge on any atom is -0.369 e. The molecule has 0 aliphatic rings. The highest BCUT2D eigenvalue weighted by molar-refractivity contribution is 5.81. The number of halogens is 3. The van der Waals surface area contributed by atoms with Crippen LogP contribution in [0.15, 0.2) is 30.3 Å². The Morgan fingerprint density at radius 1 is 1.10 bits per heavy atom. The number of benzene rings is 2. The average Bonchev–Trinajstić information content (AvgIpc) is 2.75. The molecule has 0 aliphatic carbocycles. The molecule has 0 saturated heterocycles. The zero-order chi connectivity index (χ0) is 15.1. The largest absolute Gasteiger partial charge is 0.369 e. The number of anilines is 1. The van der Waals surface area contributed by atoms with Gasteiger partial charge in [-0.2, -0.15) is 5.26 Å². The molecule has 0 unspecified atom stereocenters. The summed E-state index contributed by atoms with van der Waals surface area (Å²) in [7, 11) is 0. The van der Waals surface area contributed by atoms with Crippen molar-refractivity contribution in [2.45, 2.75) is 0 Å². The molecule has 3 aromatic rings. The maximum atomic E-state index is 14.1. The number of nitrogen functional groups attached to an aromatic ring is 1. The Morgan fingerprint density at radius 3 is 2.52 bits per heavy atom. The van der Waals surface area contributed by atoms with Crippen LogP contribution in [0, 0.1) is 28.8 Å². The first-order valence-electron chi connectivity index (χ1n) is 5.84. The van der Waals surface area contributed by atoms with Gasteiger partial charge in [0.1, 0.15) is 17.2 Å². The number of nitrogens with zero attached hydrogens (tertiary/aromatic N) is 3. The zero-order valence-electron chi connectivity index (χ0n) is 10.4. The van der Waals surface area contributed by atoms with Crippen LogP contribution in [0.1, 0.15) is 5.56 Å². The molecule has 0 aliphatic heterocycles. The highest BCUT2D eigenvalue weighted by Crippen LogP contribution is 2.27. The number of nitrogens with two attached hydrogens (primary N) is 1. The van der Waals surface area contributed by atoms with Crippen LogP contribution in [-0.4, -0.2) is 9.55 Å². The van der Waals surface area contributed by atoms with Gasteiger partial charge in [0.15, 0.2) is 5.82 Å². The fourth-order valence-corrected chi connectivity index (χ4v) is 2.13. The molecule has 0 amide bonds. The monoisotopic (exact) mass is 288 g/mol. The van der Waals surface area contributed by atoms with Crippen molar-refractivity contribution >= 4 is 17.0 Å². The molecule has 2 aromatic carbocycles. The predicted molar refractivity (Wildman–Crippen MR) is 70.1 cm³/mol. The number of hydrogen-bond donors (Lipinski definition) is 1. The molecular weight excluding hydrogens is 281 g/mol. The van der Waals surface area contributed by atoms with Crippen LogP contribution in [0.4, 0.5) is 19.1 Å². The molecule has 0 radical (unpaired) electrons. The number of hydrogen-bond acceptors (Lipinski definition) is 3. The van der Waals surface area contributed by atoms with Gasteiger partial charge in [-0.15, -0.1) is 0 Å². The highest BCUT2D eigenvalue weighted by atomic mass is 19.1. The maximum absolute atomic E-state index is 14.1. The van der Waals surface area contributed by atoms with Crippen molar-refractivity contribution in [1.29, 1.82) is 5.26 Å². The van der Waals surface area contributed by atoms with Crippen molar-refractivity contribution < 1.29 is 13.2 Å². The molecule has 1 aromatic heterocycles. The molecule has 3 rings (SSSR count). The molecule has 2 N–H and O–H groups in total. The fraction of sp³-hybridized carbons (Fsp3) is 0. The summed E-state index contributed by atoms with van der Waals surface area (Å²) in [5.41, 5.74) is 5.61. The first-order chi connectivity index (χ1) is 10.0. The molecule has 4 nitrogen and oxygen atoms in total. The second kappa shape index (κ2) is 4.52. The van der Waals surface area contributed by atoms with Gasteiger partial charge in [0.25, 0.3) is 0 Å². The van der Waals surface area contributed by atoms with E-state index in [0.717, 1.165) is 16.7 Å². The van der Waals surface area contributed by atoms with Crippen LogP contribution in [0.3, 0.4) is 0 Å². The van der Waals surface area contributed by atoms with E-state index in [-0.39, 0.29) is 28.2 Å². The predicted octanol–water partition coefficient (Wildman–Crippen LogP) is 2.90. The topological polar surface area (TPSA) is 67.6 Å². The van der Waals surface area contributed by atoms with E-state index in [1.165, 1.54) is 12.1 Å². The van der Waals surface area contributed by atoms with Crippen molar-refractivity contribution in [2.24, 2.45) is 0 Å². The SMILES string of the molecule is N#Cc1ccc(-n2c(N)nc3c(F)cc(F)cc32)c(F)c1. The van der Waals surface area contributed by atoms with E-state index >= 15 is 0 Å². The van der Waals surface area contributed by atoms with E-state index in [9.17, 15) is 13.2 Å². The summed E-state index contributed by atoms with van der Waals surface area (Å²) in [5.74, 6) is -2.64. The van der Waals surface area contributed by atoms with Crippen LogP contribution in [0.5, 0.6) is 0 Å². The molecule has 0 bridgehead atoms. The second-order valence-electron chi connectivity index (χ2n) is 4.34. The number of imidazole rings is 1. The van der Waals surface area contributed by atoms with Gasteiger partial charge in [0.05, 0.1) is 22.8 Å². The Kier molecular flexibility index (Phi) is 2.80. The van der Waals surface area contributed by atoms with E-state index in [1.54, 1.807) is 6.07 Å². The minimum absolute atomic E-state index is 0.00797. The molecule has 7 heteroatoms. The third-order valence-electron chi connectivity index (χ3n) is 3.02. The van der Waals surface area contributed by atoms with Gasteiger partial charge in [-0.3, -0.25) is 4.57 Å². The van der Waals surface area contributed by atoms with E-state index < -0.39 is 17.5 Å². The van der Waals surface area contributed by atoms with E-state index in [4.69, 9.17) is 11.0 Å². The van der Waals surface area contributed by atoms with E-state index in [0.29, 0.717) is 6.07 Å². The van der Waals surface area contributed by atoms with Gasteiger partial charge < -0.3 is 5.73 Å². The van der Waals surface area contributed by atoms with Gasteiger partial charge >= 0.3 is 0 Å². The third-order valence-corrected chi connectivity index (χ3v) is 3.02. The zero-order valence-corrected chi connectivity index (χ0v) is 10.4. The Hall–Kier alpha value is -3.01. The number of rotatable bonds is 1. The lowest BCUT2D eigenvalue weighted by Gasteiger charge is -2.08. The second-order valence-corrected chi connectivity index (χ2v) is 4.34. The lowest BCUT2D eigenvalue weighted by molar-refractivity contribution is 0.590. The first-order valence-corrected chi connectivity index (χ1v) is 5.84. The highest BCUT2D eigenvalue weighted by Gasteiger charge is 2.17. The van der Waals surface area contributed by atoms with Crippen LogP contribution in [0.25, 0.3) is 16.7 Å². The lowest BCUT2D eigenvalue weighted by atomic mass is 10.2.